The Morgan fingerprint density at radius 3 is 2.47 bits per heavy atom. The smallest absolute Gasteiger partial charge is 0.262 e. The molecule has 1 aliphatic carbocycles. The first-order chi connectivity index (χ1) is 15.2. The molecule has 32 heavy (non-hydrogen) atoms. The van der Waals surface area contributed by atoms with Gasteiger partial charge in [-0.25, -0.2) is 8.42 Å². The molecular formula is C22H24Cl2N2O5S. The number of allylic oxidation sites excluding steroid dienone is 2. The van der Waals surface area contributed by atoms with Gasteiger partial charge in [-0.3, -0.25) is 9.52 Å². The van der Waals surface area contributed by atoms with Crippen LogP contribution in [0.25, 0.3) is 0 Å². The summed E-state index contributed by atoms with van der Waals surface area (Å²) >= 11 is 12.3. The van der Waals surface area contributed by atoms with Crippen molar-refractivity contribution in [3.63, 3.8) is 0 Å². The Morgan fingerprint density at radius 1 is 1.06 bits per heavy atom. The number of methoxy groups -OCH3 is 2. The molecule has 10 heteroatoms. The van der Waals surface area contributed by atoms with Gasteiger partial charge in [-0.1, -0.05) is 35.4 Å². The number of rotatable bonds is 8. The van der Waals surface area contributed by atoms with Gasteiger partial charge in [0.25, 0.3) is 15.9 Å². The van der Waals surface area contributed by atoms with E-state index in [2.05, 4.69) is 22.2 Å². The third kappa shape index (κ3) is 5.68. The van der Waals surface area contributed by atoms with Crippen molar-refractivity contribution in [1.29, 1.82) is 0 Å². The van der Waals surface area contributed by atoms with Crippen LogP contribution < -0.4 is 19.5 Å². The number of sulfonamides is 1. The van der Waals surface area contributed by atoms with E-state index in [9.17, 15) is 13.2 Å². The molecule has 0 aromatic heterocycles. The van der Waals surface area contributed by atoms with E-state index >= 15 is 0 Å². The van der Waals surface area contributed by atoms with Crippen molar-refractivity contribution in [3.8, 4) is 11.5 Å². The molecular weight excluding hydrogens is 475 g/mol. The van der Waals surface area contributed by atoms with Gasteiger partial charge in [0.05, 0.1) is 40.4 Å². The van der Waals surface area contributed by atoms with Crippen molar-refractivity contribution >= 4 is 44.8 Å². The lowest BCUT2D eigenvalue weighted by atomic mass is 9.94. The Bertz CT molecular complexity index is 1140. The summed E-state index contributed by atoms with van der Waals surface area (Å²) in [5, 5.41) is 3.22. The topological polar surface area (TPSA) is 93.7 Å². The van der Waals surface area contributed by atoms with Gasteiger partial charge < -0.3 is 14.8 Å². The summed E-state index contributed by atoms with van der Waals surface area (Å²) in [5.41, 5.74) is 0.213. The zero-order valence-electron chi connectivity index (χ0n) is 17.7. The fourth-order valence-electron chi connectivity index (χ4n) is 3.36. The molecule has 3 rings (SSSR count). The molecule has 2 aromatic carbocycles. The van der Waals surface area contributed by atoms with Crippen LogP contribution in [0, 0.1) is 5.92 Å². The molecule has 0 aliphatic heterocycles. The fourth-order valence-corrected chi connectivity index (χ4v) is 4.89. The maximum Gasteiger partial charge on any atom is 0.262 e. The van der Waals surface area contributed by atoms with Gasteiger partial charge in [0.1, 0.15) is 11.5 Å². The van der Waals surface area contributed by atoms with Crippen LogP contribution in [0.1, 0.15) is 29.6 Å². The molecule has 2 aromatic rings. The molecule has 0 saturated carbocycles. The number of anilines is 1. The molecule has 0 fully saturated rings. The molecule has 0 bridgehead atoms. The second-order valence-electron chi connectivity index (χ2n) is 7.29. The van der Waals surface area contributed by atoms with Crippen molar-refractivity contribution in [3.05, 3.63) is 58.1 Å². The molecule has 1 amide bonds. The highest BCUT2D eigenvalue weighted by Gasteiger charge is 2.22. The van der Waals surface area contributed by atoms with E-state index in [-0.39, 0.29) is 31.9 Å². The summed E-state index contributed by atoms with van der Waals surface area (Å²) in [6, 6.07) is 6.82. The van der Waals surface area contributed by atoms with E-state index in [0.29, 0.717) is 18.2 Å². The summed E-state index contributed by atoms with van der Waals surface area (Å²) < 4.78 is 38.8. The first kappa shape index (κ1) is 24.2. The second kappa shape index (κ2) is 10.5. The van der Waals surface area contributed by atoms with Gasteiger partial charge >= 0.3 is 0 Å². The number of hydrogen-bond acceptors (Lipinski definition) is 5. The van der Waals surface area contributed by atoms with Crippen LogP contribution in [-0.4, -0.2) is 35.1 Å². The van der Waals surface area contributed by atoms with Crippen molar-refractivity contribution in [2.75, 3.05) is 25.5 Å². The van der Waals surface area contributed by atoms with E-state index in [0.717, 1.165) is 19.3 Å². The standard InChI is InChI=1S/C22H24Cl2N2O5S/c1-30-20-12-21(31-2)19(11-18(20)24)26-32(28,29)15-8-9-17(23)16(10-15)22(27)25-13-14-6-4-3-5-7-14/h3-4,8-12,14,26H,5-7,13H2,1-2H3,(H,25,27). The molecule has 0 spiro atoms. The fraction of sp³-hybridized carbons (Fsp3) is 0.318. The van der Waals surface area contributed by atoms with Gasteiger partial charge in [0, 0.05) is 12.6 Å². The largest absolute Gasteiger partial charge is 0.495 e. The second-order valence-corrected chi connectivity index (χ2v) is 9.79. The Morgan fingerprint density at radius 2 is 1.81 bits per heavy atom. The van der Waals surface area contributed by atoms with Gasteiger partial charge in [0.2, 0.25) is 0 Å². The monoisotopic (exact) mass is 498 g/mol. The highest BCUT2D eigenvalue weighted by Crippen LogP contribution is 2.37. The van der Waals surface area contributed by atoms with E-state index < -0.39 is 15.9 Å². The molecule has 0 saturated heterocycles. The lowest BCUT2D eigenvalue weighted by Gasteiger charge is -2.18. The number of carbonyl (C=O) groups excluding carboxylic acids is 1. The Labute approximate surface area is 197 Å². The third-order valence-corrected chi connectivity index (χ3v) is 7.13. The Balaban J connectivity index is 1.82. The summed E-state index contributed by atoms with van der Waals surface area (Å²) in [6.07, 6.45) is 7.11. The average molecular weight is 499 g/mol. The van der Waals surface area contributed by atoms with Gasteiger partial charge in [-0.15, -0.1) is 0 Å². The van der Waals surface area contributed by atoms with Crippen molar-refractivity contribution in [2.45, 2.75) is 24.2 Å². The molecule has 1 unspecified atom stereocenters. The van der Waals surface area contributed by atoms with Crippen LogP contribution >= 0.6 is 23.2 Å². The number of benzene rings is 2. The number of amides is 1. The molecule has 172 valence electrons. The lowest BCUT2D eigenvalue weighted by Crippen LogP contribution is -2.30. The maximum absolute atomic E-state index is 13.0. The molecule has 1 aliphatic rings. The molecule has 2 N–H and O–H groups in total. The first-order valence-corrected chi connectivity index (χ1v) is 12.2. The van der Waals surface area contributed by atoms with Crippen LogP contribution in [0.15, 0.2) is 47.4 Å². The minimum absolute atomic E-state index is 0.0839. The predicted octanol–water partition coefficient (Wildman–Crippen LogP) is 4.90. The molecule has 0 heterocycles. The van der Waals surface area contributed by atoms with Gasteiger partial charge in [-0.05, 0) is 49.4 Å². The SMILES string of the molecule is COc1cc(OC)c(NS(=O)(=O)c2ccc(Cl)c(C(=O)NCC3CC=CCC3)c2)cc1Cl. The molecule has 7 nitrogen and oxygen atoms in total. The van der Waals surface area contributed by atoms with Crippen molar-refractivity contribution in [2.24, 2.45) is 5.92 Å². The number of carbonyl (C=O) groups is 1. The van der Waals surface area contributed by atoms with Gasteiger partial charge in [-0.2, -0.15) is 0 Å². The predicted molar refractivity (Wildman–Crippen MR) is 126 cm³/mol. The Hall–Kier alpha value is -2.42. The summed E-state index contributed by atoms with van der Waals surface area (Å²) in [7, 11) is -1.23. The lowest BCUT2D eigenvalue weighted by molar-refractivity contribution is 0.0946. The number of halogens is 2. The van der Waals surface area contributed by atoms with E-state index in [1.54, 1.807) is 0 Å². The highest BCUT2D eigenvalue weighted by molar-refractivity contribution is 7.92. The van der Waals surface area contributed by atoms with Crippen LogP contribution in [-0.2, 0) is 10.0 Å². The van der Waals surface area contributed by atoms with Crippen molar-refractivity contribution in [1.82, 2.24) is 5.32 Å². The highest BCUT2D eigenvalue weighted by atomic mass is 35.5. The maximum atomic E-state index is 13.0. The van der Waals surface area contributed by atoms with Gasteiger partial charge in [0.15, 0.2) is 0 Å². The summed E-state index contributed by atoms with van der Waals surface area (Å²) in [4.78, 5) is 12.6. The zero-order valence-corrected chi connectivity index (χ0v) is 20.0. The minimum atomic E-state index is -4.07. The average Bonchev–Trinajstić information content (AvgIpc) is 2.78. The quantitative estimate of drug-likeness (QED) is 0.504. The Kier molecular flexibility index (Phi) is 7.92. The number of ether oxygens (including phenoxy) is 2. The number of hydrogen-bond donors (Lipinski definition) is 2. The normalized spacial score (nSPS) is 15.8. The molecule has 1 atom stereocenters. The van der Waals surface area contributed by atoms with Crippen LogP contribution in [0.5, 0.6) is 11.5 Å². The summed E-state index contributed by atoms with van der Waals surface area (Å²) in [6.45, 7) is 0.496. The first-order valence-electron chi connectivity index (χ1n) is 9.92. The van der Waals surface area contributed by atoms with Crippen LogP contribution in [0.3, 0.4) is 0 Å². The van der Waals surface area contributed by atoms with Crippen LogP contribution in [0.4, 0.5) is 5.69 Å². The number of nitrogens with one attached hydrogen (secondary N) is 2. The van der Waals surface area contributed by atoms with E-state index in [1.165, 1.54) is 44.6 Å². The van der Waals surface area contributed by atoms with Crippen LogP contribution in [0.2, 0.25) is 10.0 Å². The zero-order chi connectivity index (χ0) is 23.3. The molecule has 0 radical (unpaired) electrons. The summed E-state index contributed by atoms with van der Waals surface area (Å²) in [5.74, 6) is 0.490. The third-order valence-electron chi connectivity index (χ3n) is 5.14. The van der Waals surface area contributed by atoms with E-state index in [4.69, 9.17) is 32.7 Å². The van der Waals surface area contributed by atoms with E-state index in [1.807, 2.05) is 0 Å². The minimum Gasteiger partial charge on any atom is -0.495 e. The van der Waals surface area contributed by atoms with Crippen molar-refractivity contribution < 1.29 is 22.7 Å².